The van der Waals surface area contributed by atoms with E-state index in [-0.39, 0.29) is 0 Å². The topological polar surface area (TPSA) is 44.8 Å². The normalized spacial score (nSPS) is 11.3. The van der Waals surface area contributed by atoms with Crippen molar-refractivity contribution in [3.8, 4) is 0 Å². The maximum atomic E-state index is 11.1. The number of rotatable bonds is 6. The van der Waals surface area contributed by atoms with Crippen LogP contribution in [0.15, 0.2) is 0 Å². The summed E-state index contributed by atoms with van der Waals surface area (Å²) in [5.41, 5.74) is 0. The Morgan fingerprint density at radius 2 is 1.83 bits per heavy atom. The summed E-state index contributed by atoms with van der Waals surface area (Å²) in [5.74, 6) is -0.395. The van der Waals surface area contributed by atoms with Gasteiger partial charge in [-0.05, 0) is 20.4 Å². The molecule has 0 aromatic carbocycles. The van der Waals surface area contributed by atoms with Gasteiger partial charge >= 0.3 is 5.97 Å². The lowest BCUT2D eigenvalue weighted by molar-refractivity contribution is -0.184. The van der Waals surface area contributed by atoms with Gasteiger partial charge in [0.2, 0.25) is 9.76 Å². The van der Waals surface area contributed by atoms with Crippen molar-refractivity contribution in [3.63, 3.8) is 0 Å². The zero-order valence-electron chi connectivity index (χ0n) is 7.83. The van der Waals surface area contributed by atoms with E-state index in [2.05, 4.69) is 0 Å². The number of ether oxygens (including phenoxy) is 2. The standard InChI is InChI=1S/C7H16O4Si/c1-4-9-7(10-5-2)6(8)11-12-3/h7H,4-5,12H2,1-3H3. The van der Waals surface area contributed by atoms with Crippen LogP contribution in [-0.4, -0.2) is 35.2 Å². The molecule has 4 nitrogen and oxygen atoms in total. The second kappa shape index (κ2) is 7.27. The van der Waals surface area contributed by atoms with Crippen LogP contribution < -0.4 is 0 Å². The van der Waals surface area contributed by atoms with E-state index < -0.39 is 22.0 Å². The van der Waals surface area contributed by atoms with E-state index in [0.717, 1.165) is 0 Å². The number of hydrogen-bond donors (Lipinski definition) is 0. The first-order chi connectivity index (χ1) is 5.76. The molecule has 12 heavy (non-hydrogen) atoms. The SMILES string of the molecule is CCOC(OCC)C(=O)O[SiH2]C. The van der Waals surface area contributed by atoms with Crippen molar-refractivity contribution >= 4 is 15.7 Å². The Kier molecular flexibility index (Phi) is 7.03. The van der Waals surface area contributed by atoms with Crippen LogP contribution in [0, 0.1) is 0 Å². The third-order valence-corrected chi connectivity index (χ3v) is 1.69. The molecule has 0 atom stereocenters. The minimum absolute atomic E-state index is 0.395. The van der Waals surface area contributed by atoms with E-state index in [0.29, 0.717) is 13.2 Å². The van der Waals surface area contributed by atoms with Gasteiger partial charge in [-0.1, -0.05) is 0 Å². The molecular formula is C7H16O4Si. The summed E-state index contributed by atoms with van der Waals surface area (Å²) in [7, 11) is -0.720. The van der Waals surface area contributed by atoms with Crippen molar-refractivity contribution in [2.24, 2.45) is 0 Å². The van der Waals surface area contributed by atoms with Crippen molar-refractivity contribution in [2.45, 2.75) is 26.7 Å². The van der Waals surface area contributed by atoms with Gasteiger partial charge < -0.3 is 13.9 Å². The van der Waals surface area contributed by atoms with Crippen molar-refractivity contribution in [1.82, 2.24) is 0 Å². The molecule has 0 saturated carbocycles. The molecule has 0 saturated heterocycles. The Balaban J connectivity index is 3.81. The summed E-state index contributed by atoms with van der Waals surface area (Å²) < 4.78 is 14.9. The van der Waals surface area contributed by atoms with Crippen LogP contribution >= 0.6 is 0 Å². The van der Waals surface area contributed by atoms with E-state index in [9.17, 15) is 4.79 Å². The number of hydrogen-bond acceptors (Lipinski definition) is 4. The van der Waals surface area contributed by atoms with Crippen LogP contribution in [0.1, 0.15) is 13.8 Å². The first-order valence-corrected chi connectivity index (χ1v) is 6.15. The predicted molar refractivity (Wildman–Crippen MR) is 47.5 cm³/mol. The highest BCUT2D eigenvalue weighted by molar-refractivity contribution is 6.28. The molecule has 0 amide bonds. The van der Waals surface area contributed by atoms with Crippen LogP contribution in [0.25, 0.3) is 0 Å². The van der Waals surface area contributed by atoms with E-state index >= 15 is 0 Å². The summed E-state index contributed by atoms with van der Waals surface area (Å²) in [5, 5.41) is 0. The lowest BCUT2D eigenvalue weighted by Gasteiger charge is -2.14. The summed E-state index contributed by atoms with van der Waals surface area (Å²) in [4.78, 5) is 11.1. The third-order valence-electron chi connectivity index (χ3n) is 1.12. The molecular weight excluding hydrogens is 176 g/mol. The van der Waals surface area contributed by atoms with Gasteiger partial charge in [-0.3, -0.25) is 0 Å². The lowest BCUT2D eigenvalue weighted by Crippen LogP contribution is -2.30. The number of carbonyl (C=O) groups is 1. The number of carbonyl (C=O) groups excluding carboxylic acids is 1. The van der Waals surface area contributed by atoms with Crippen molar-refractivity contribution in [2.75, 3.05) is 13.2 Å². The molecule has 0 aromatic rings. The fourth-order valence-electron chi connectivity index (χ4n) is 0.697. The fraction of sp³-hybridized carbons (Fsp3) is 0.857. The lowest BCUT2D eigenvalue weighted by atomic mass is 10.6. The van der Waals surface area contributed by atoms with E-state index in [1.807, 2.05) is 20.4 Å². The highest BCUT2D eigenvalue weighted by Gasteiger charge is 2.18. The quantitative estimate of drug-likeness (QED) is 0.441. The third kappa shape index (κ3) is 4.48. The van der Waals surface area contributed by atoms with Gasteiger partial charge in [-0.2, -0.15) is 0 Å². The molecule has 0 rings (SSSR count). The monoisotopic (exact) mass is 192 g/mol. The van der Waals surface area contributed by atoms with Crippen LogP contribution in [0.3, 0.4) is 0 Å². The van der Waals surface area contributed by atoms with Gasteiger partial charge in [-0.15, -0.1) is 0 Å². The summed E-state index contributed by atoms with van der Waals surface area (Å²) in [6.45, 7) is 6.40. The molecule has 0 N–H and O–H groups in total. The van der Waals surface area contributed by atoms with Crippen molar-refractivity contribution in [3.05, 3.63) is 0 Å². The van der Waals surface area contributed by atoms with Gasteiger partial charge in [0.25, 0.3) is 6.29 Å². The molecule has 0 bridgehead atoms. The molecule has 5 heteroatoms. The second-order valence-electron chi connectivity index (χ2n) is 1.99. The van der Waals surface area contributed by atoms with E-state index in [1.54, 1.807) is 0 Å². The smallest absolute Gasteiger partial charge is 0.349 e. The Bertz CT molecular complexity index is 123. The molecule has 0 unspecified atom stereocenters. The van der Waals surface area contributed by atoms with Gasteiger partial charge in [0, 0.05) is 13.2 Å². The van der Waals surface area contributed by atoms with E-state index in [1.165, 1.54) is 0 Å². The predicted octanol–water partition coefficient (Wildman–Crippen LogP) is 0.0606. The molecule has 72 valence electrons. The minimum atomic E-state index is -0.826. The van der Waals surface area contributed by atoms with Crippen molar-refractivity contribution in [1.29, 1.82) is 0 Å². The van der Waals surface area contributed by atoms with E-state index in [4.69, 9.17) is 13.9 Å². The fourth-order valence-corrected chi connectivity index (χ4v) is 1.12. The van der Waals surface area contributed by atoms with Crippen LogP contribution in [-0.2, 0) is 18.7 Å². The first kappa shape index (κ1) is 11.6. The van der Waals surface area contributed by atoms with Gasteiger partial charge in [0.05, 0.1) is 0 Å². The highest BCUT2D eigenvalue weighted by atomic mass is 28.2. The molecule has 0 spiro atoms. The van der Waals surface area contributed by atoms with Gasteiger partial charge in [0.15, 0.2) is 0 Å². The molecule has 0 heterocycles. The Morgan fingerprint density at radius 1 is 1.33 bits per heavy atom. The molecule has 0 radical (unpaired) electrons. The molecule has 0 fully saturated rings. The second-order valence-corrected chi connectivity index (χ2v) is 2.86. The Hall–Kier alpha value is -0.393. The zero-order valence-corrected chi connectivity index (χ0v) is 9.25. The summed E-state index contributed by atoms with van der Waals surface area (Å²) in [6, 6.07) is 0. The molecule has 0 aliphatic rings. The van der Waals surface area contributed by atoms with Crippen LogP contribution in [0.4, 0.5) is 0 Å². The Labute approximate surface area is 75.1 Å². The average molecular weight is 192 g/mol. The molecule has 0 aliphatic heterocycles. The maximum Gasteiger partial charge on any atom is 0.349 e. The highest BCUT2D eigenvalue weighted by Crippen LogP contribution is 1.97. The Morgan fingerprint density at radius 3 is 2.17 bits per heavy atom. The van der Waals surface area contributed by atoms with Crippen LogP contribution in [0.2, 0.25) is 6.55 Å². The molecule has 0 aliphatic carbocycles. The van der Waals surface area contributed by atoms with Crippen LogP contribution in [0.5, 0.6) is 0 Å². The summed E-state index contributed by atoms with van der Waals surface area (Å²) in [6.07, 6.45) is -0.826. The summed E-state index contributed by atoms with van der Waals surface area (Å²) >= 11 is 0. The van der Waals surface area contributed by atoms with Gasteiger partial charge in [0.1, 0.15) is 0 Å². The average Bonchev–Trinajstić information content (AvgIpc) is 2.04. The first-order valence-electron chi connectivity index (χ1n) is 4.16. The largest absolute Gasteiger partial charge is 0.522 e. The zero-order chi connectivity index (χ0) is 9.40. The molecule has 0 aromatic heterocycles. The van der Waals surface area contributed by atoms with Gasteiger partial charge in [-0.25, -0.2) is 4.79 Å². The van der Waals surface area contributed by atoms with Crippen molar-refractivity contribution < 1.29 is 18.7 Å². The minimum Gasteiger partial charge on any atom is -0.522 e. The maximum absolute atomic E-state index is 11.1.